The van der Waals surface area contributed by atoms with Gasteiger partial charge in [0, 0.05) is 36.5 Å². The van der Waals surface area contributed by atoms with Crippen molar-refractivity contribution in [2.24, 2.45) is 0 Å². The zero-order valence-electron chi connectivity index (χ0n) is 20.5. The zero-order valence-corrected chi connectivity index (χ0v) is 20.5. The number of rotatable bonds is 8. The first-order chi connectivity index (χ1) is 16.7. The molecular weight excluding hydrogens is 444 g/mol. The Hall–Kier alpha value is -3.45. The lowest BCUT2D eigenvalue weighted by Gasteiger charge is -2.26. The minimum atomic E-state index is -0.848. The van der Waals surface area contributed by atoms with Crippen LogP contribution in [-0.4, -0.2) is 51.8 Å². The maximum absolute atomic E-state index is 13.2. The molecule has 1 unspecified atom stereocenters. The highest BCUT2D eigenvalue weighted by atomic mass is 16.6. The van der Waals surface area contributed by atoms with Gasteiger partial charge in [0.25, 0.3) is 5.91 Å². The standard InChI is InChI=1S/C28H32N2O5/c1-28(2,3)35-27(33)24-15-21(34-18-19-9-5-4-6-10-19)17-30(24)26(32)25(31)14-13-20-16-29-23-12-8-7-11-22(20)23/h4-12,16,21,24,29H,13-15,17-18H2,1-3H3/t21?,24-/m0/s1. The third-order valence-corrected chi connectivity index (χ3v) is 6.07. The number of hydrogen-bond donors (Lipinski definition) is 1. The average Bonchev–Trinajstić information content (AvgIpc) is 3.45. The van der Waals surface area contributed by atoms with Crippen molar-refractivity contribution in [1.82, 2.24) is 9.88 Å². The first kappa shape index (κ1) is 24.7. The highest BCUT2D eigenvalue weighted by Crippen LogP contribution is 2.26. The molecule has 3 aromatic rings. The summed E-state index contributed by atoms with van der Waals surface area (Å²) < 4.78 is 11.6. The van der Waals surface area contributed by atoms with E-state index in [-0.39, 0.29) is 19.1 Å². The van der Waals surface area contributed by atoms with Crippen molar-refractivity contribution in [3.8, 4) is 0 Å². The number of carbonyl (C=O) groups is 3. The van der Waals surface area contributed by atoms with Crippen LogP contribution in [0, 0.1) is 0 Å². The second-order valence-corrected chi connectivity index (χ2v) is 9.94. The Morgan fingerprint density at radius 3 is 2.49 bits per heavy atom. The third kappa shape index (κ3) is 6.17. The van der Waals surface area contributed by atoms with Crippen molar-refractivity contribution in [3.05, 3.63) is 71.9 Å². The molecule has 2 atom stereocenters. The molecular formula is C28H32N2O5. The van der Waals surface area contributed by atoms with Gasteiger partial charge in [-0.05, 0) is 44.4 Å². The number of ether oxygens (including phenoxy) is 2. The molecule has 0 radical (unpaired) electrons. The van der Waals surface area contributed by atoms with Crippen LogP contribution in [0.4, 0.5) is 0 Å². The van der Waals surface area contributed by atoms with E-state index in [9.17, 15) is 14.4 Å². The highest BCUT2D eigenvalue weighted by Gasteiger charge is 2.43. The van der Waals surface area contributed by atoms with Crippen LogP contribution in [0.2, 0.25) is 0 Å². The number of likely N-dealkylation sites (tertiary alicyclic amines) is 1. The van der Waals surface area contributed by atoms with Gasteiger partial charge in [-0.15, -0.1) is 0 Å². The van der Waals surface area contributed by atoms with Crippen molar-refractivity contribution in [2.45, 2.75) is 64.4 Å². The number of nitrogens with one attached hydrogen (secondary N) is 1. The molecule has 7 heteroatoms. The fraction of sp³-hybridized carbons (Fsp3) is 0.393. The molecule has 0 saturated carbocycles. The molecule has 1 saturated heterocycles. The quantitative estimate of drug-likeness (QED) is 0.389. The number of aromatic amines is 1. The van der Waals surface area contributed by atoms with E-state index in [1.807, 2.05) is 60.8 Å². The number of fused-ring (bicyclic) bond motifs is 1. The van der Waals surface area contributed by atoms with E-state index in [1.54, 1.807) is 20.8 Å². The Bertz CT molecular complexity index is 1190. The number of para-hydroxylation sites is 1. The van der Waals surface area contributed by atoms with Crippen molar-refractivity contribution in [3.63, 3.8) is 0 Å². The van der Waals surface area contributed by atoms with Gasteiger partial charge in [-0.25, -0.2) is 4.79 Å². The molecule has 35 heavy (non-hydrogen) atoms. The number of esters is 1. The molecule has 1 aliphatic heterocycles. The molecule has 1 N–H and O–H groups in total. The summed E-state index contributed by atoms with van der Waals surface area (Å²) in [7, 11) is 0. The van der Waals surface area contributed by atoms with E-state index in [0.29, 0.717) is 19.4 Å². The number of amides is 1. The van der Waals surface area contributed by atoms with Crippen LogP contribution in [0.5, 0.6) is 0 Å². The Labute approximate surface area is 205 Å². The molecule has 2 heterocycles. The van der Waals surface area contributed by atoms with Crippen LogP contribution in [0.3, 0.4) is 0 Å². The number of nitrogens with zero attached hydrogens (tertiary/aromatic N) is 1. The molecule has 1 aromatic heterocycles. The first-order valence-corrected chi connectivity index (χ1v) is 12.0. The summed E-state index contributed by atoms with van der Waals surface area (Å²) in [6.07, 6.45) is 2.30. The second kappa shape index (κ2) is 10.4. The number of Topliss-reactive ketones (excluding diaryl/α,β-unsaturated/α-hetero) is 1. The fourth-order valence-corrected chi connectivity index (χ4v) is 4.38. The normalized spacial score (nSPS) is 18.1. The molecule has 7 nitrogen and oxygen atoms in total. The minimum Gasteiger partial charge on any atom is -0.458 e. The predicted molar refractivity (Wildman–Crippen MR) is 133 cm³/mol. The van der Waals surface area contributed by atoms with Crippen molar-refractivity contribution in [2.75, 3.05) is 6.54 Å². The van der Waals surface area contributed by atoms with Crippen LogP contribution in [0.1, 0.15) is 44.7 Å². The SMILES string of the molecule is CC(C)(C)OC(=O)[C@@H]1CC(OCc2ccccc2)CN1C(=O)C(=O)CCc1c[nH]c2ccccc12. The molecule has 1 amide bonds. The summed E-state index contributed by atoms with van der Waals surface area (Å²) in [6.45, 7) is 5.88. The van der Waals surface area contributed by atoms with Gasteiger partial charge in [0.15, 0.2) is 0 Å². The van der Waals surface area contributed by atoms with E-state index in [2.05, 4.69) is 4.98 Å². The first-order valence-electron chi connectivity index (χ1n) is 12.0. The van der Waals surface area contributed by atoms with Gasteiger partial charge in [-0.2, -0.15) is 0 Å². The van der Waals surface area contributed by atoms with Gasteiger partial charge in [0.1, 0.15) is 11.6 Å². The fourth-order valence-electron chi connectivity index (χ4n) is 4.38. The Kier molecular flexibility index (Phi) is 7.36. The Balaban J connectivity index is 1.43. The van der Waals surface area contributed by atoms with Crippen molar-refractivity contribution >= 4 is 28.6 Å². The monoisotopic (exact) mass is 476 g/mol. The summed E-state index contributed by atoms with van der Waals surface area (Å²) in [4.78, 5) is 43.5. The second-order valence-electron chi connectivity index (χ2n) is 9.94. The van der Waals surface area contributed by atoms with Crippen LogP contribution in [0.25, 0.3) is 10.9 Å². The van der Waals surface area contributed by atoms with Crippen LogP contribution in [-0.2, 0) is 36.9 Å². The molecule has 0 aliphatic carbocycles. The molecule has 0 spiro atoms. The molecule has 4 rings (SSSR count). The van der Waals surface area contributed by atoms with E-state index in [1.165, 1.54) is 4.90 Å². The Morgan fingerprint density at radius 1 is 1.03 bits per heavy atom. The van der Waals surface area contributed by atoms with Crippen LogP contribution < -0.4 is 0 Å². The van der Waals surface area contributed by atoms with E-state index >= 15 is 0 Å². The largest absolute Gasteiger partial charge is 0.458 e. The van der Waals surface area contributed by atoms with Gasteiger partial charge in [-0.3, -0.25) is 9.59 Å². The number of benzene rings is 2. The summed E-state index contributed by atoms with van der Waals surface area (Å²) in [5.74, 6) is -1.69. The topological polar surface area (TPSA) is 88.7 Å². The maximum Gasteiger partial charge on any atom is 0.329 e. The summed E-state index contributed by atoms with van der Waals surface area (Å²) in [5, 5.41) is 1.04. The van der Waals surface area contributed by atoms with E-state index in [4.69, 9.17) is 9.47 Å². The molecule has 1 aliphatic rings. The third-order valence-electron chi connectivity index (χ3n) is 6.07. The van der Waals surface area contributed by atoms with Crippen LogP contribution in [0.15, 0.2) is 60.8 Å². The number of aromatic nitrogens is 1. The Morgan fingerprint density at radius 2 is 1.74 bits per heavy atom. The average molecular weight is 477 g/mol. The summed E-state index contributed by atoms with van der Waals surface area (Å²) in [5.41, 5.74) is 2.27. The summed E-state index contributed by atoms with van der Waals surface area (Å²) in [6, 6.07) is 16.7. The maximum atomic E-state index is 13.2. The van der Waals surface area contributed by atoms with E-state index in [0.717, 1.165) is 22.0 Å². The lowest BCUT2D eigenvalue weighted by Crippen LogP contribution is -2.46. The number of carbonyl (C=O) groups excluding carboxylic acids is 3. The summed E-state index contributed by atoms with van der Waals surface area (Å²) >= 11 is 0. The molecule has 184 valence electrons. The predicted octanol–water partition coefficient (Wildman–Crippen LogP) is 4.20. The van der Waals surface area contributed by atoms with Gasteiger partial charge in [0.05, 0.1) is 12.7 Å². The van der Waals surface area contributed by atoms with Crippen molar-refractivity contribution in [1.29, 1.82) is 0 Å². The number of aryl methyl sites for hydroxylation is 1. The van der Waals surface area contributed by atoms with Gasteiger partial charge < -0.3 is 19.4 Å². The zero-order chi connectivity index (χ0) is 25.0. The highest BCUT2D eigenvalue weighted by molar-refractivity contribution is 6.36. The smallest absolute Gasteiger partial charge is 0.329 e. The van der Waals surface area contributed by atoms with Gasteiger partial charge in [-0.1, -0.05) is 48.5 Å². The molecule has 2 aromatic carbocycles. The number of ketones is 1. The minimum absolute atomic E-state index is 0.0633. The van der Waals surface area contributed by atoms with Crippen LogP contribution >= 0.6 is 0 Å². The number of H-pyrrole nitrogens is 1. The van der Waals surface area contributed by atoms with E-state index < -0.39 is 29.3 Å². The lowest BCUT2D eigenvalue weighted by atomic mass is 10.1. The number of hydrogen-bond acceptors (Lipinski definition) is 5. The molecule has 0 bridgehead atoms. The van der Waals surface area contributed by atoms with Gasteiger partial charge >= 0.3 is 5.97 Å². The van der Waals surface area contributed by atoms with Gasteiger partial charge in [0.2, 0.25) is 5.78 Å². The molecule has 1 fully saturated rings. The van der Waals surface area contributed by atoms with Crippen molar-refractivity contribution < 1.29 is 23.9 Å². The lowest BCUT2D eigenvalue weighted by molar-refractivity contribution is -0.163.